The van der Waals surface area contributed by atoms with Crippen LogP contribution in [0.3, 0.4) is 0 Å². The number of ether oxygens (including phenoxy) is 1. The van der Waals surface area contributed by atoms with Crippen molar-refractivity contribution in [3.63, 3.8) is 0 Å². The van der Waals surface area contributed by atoms with Gasteiger partial charge in [-0.05, 0) is 53.8 Å². The number of nitrogens with one attached hydrogen (secondary N) is 1. The molecule has 0 unspecified atom stereocenters. The largest absolute Gasteiger partial charge is 0.493 e. The summed E-state index contributed by atoms with van der Waals surface area (Å²) in [6.45, 7) is 2.46. The van der Waals surface area contributed by atoms with E-state index >= 15 is 0 Å². The predicted molar refractivity (Wildman–Crippen MR) is 109 cm³/mol. The van der Waals surface area contributed by atoms with Crippen LogP contribution >= 0.6 is 34.4 Å². The number of thioether (sulfide) groups is 1. The second-order valence-electron chi connectivity index (χ2n) is 5.12. The molecule has 6 nitrogen and oxygen atoms in total. The van der Waals surface area contributed by atoms with Gasteiger partial charge in [0.15, 0.2) is 0 Å². The van der Waals surface area contributed by atoms with Gasteiger partial charge in [0.1, 0.15) is 5.75 Å². The molecule has 2 aromatic carbocycles. The van der Waals surface area contributed by atoms with Crippen molar-refractivity contribution in [2.45, 2.75) is 12.1 Å². The van der Waals surface area contributed by atoms with E-state index in [9.17, 15) is 4.79 Å². The molecule has 0 fully saturated rings. The zero-order valence-electron chi connectivity index (χ0n) is 13.9. The molecule has 1 amide bonds. The molecule has 0 bridgehead atoms. The number of halogens is 1. The number of hydrogen-bond donors (Lipinski definition) is 1. The van der Waals surface area contributed by atoms with Gasteiger partial charge in [-0.25, -0.2) is 0 Å². The Bertz CT molecular complexity index is 901. The van der Waals surface area contributed by atoms with E-state index in [2.05, 4.69) is 38.1 Å². The van der Waals surface area contributed by atoms with Gasteiger partial charge in [0.25, 0.3) is 11.1 Å². The second-order valence-corrected chi connectivity index (χ2v) is 7.21. The lowest BCUT2D eigenvalue weighted by Crippen LogP contribution is -2.14. The molecular weight excluding hydrogens is 465 g/mol. The highest BCUT2D eigenvalue weighted by atomic mass is 127. The lowest BCUT2D eigenvalue weighted by atomic mass is 10.2. The first kappa shape index (κ1) is 18.7. The molecule has 3 aromatic rings. The SMILES string of the molecule is CCOc1ccccc1-c1nnc(SCC(=O)Nc2ccccc2I)o1. The Balaban J connectivity index is 1.62. The second kappa shape index (κ2) is 9.04. The van der Waals surface area contributed by atoms with Crippen LogP contribution in [0.25, 0.3) is 11.5 Å². The third kappa shape index (κ3) is 4.76. The topological polar surface area (TPSA) is 77.2 Å². The maximum Gasteiger partial charge on any atom is 0.277 e. The summed E-state index contributed by atoms with van der Waals surface area (Å²) in [4.78, 5) is 12.1. The monoisotopic (exact) mass is 481 g/mol. The number of rotatable bonds is 7. The average molecular weight is 481 g/mol. The Morgan fingerprint density at radius 1 is 1.19 bits per heavy atom. The van der Waals surface area contributed by atoms with E-state index < -0.39 is 0 Å². The van der Waals surface area contributed by atoms with Gasteiger partial charge in [0.2, 0.25) is 5.91 Å². The quantitative estimate of drug-likeness (QED) is 0.397. The molecule has 0 aliphatic rings. The summed E-state index contributed by atoms with van der Waals surface area (Å²) in [6.07, 6.45) is 0. The normalized spacial score (nSPS) is 10.5. The van der Waals surface area contributed by atoms with Crippen molar-refractivity contribution in [3.05, 3.63) is 52.1 Å². The molecular formula is C18H16IN3O3S. The van der Waals surface area contributed by atoms with Crippen LogP contribution in [0.15, 0.2) is 58.2 Å². The maximum atomic E-state index is 12.1. The number of anilines is 1. The summed E-state index contributed by atoms with van der Waals surface area (Å²) < 4.78 is 12.2. The average Bonchev–Trinajstić information content (AvgIpc) is 3.12. The molecule has 0 aliphatic carbocycles. The van der Waals surface area contributed by atoms with Crippen molar-refractivity contribution in [2.24, 2.45) is 0 Å². The van der Waals surface area contributed by atoms with E-state index in [1.807, 2.05) is 55.5 Å². The lowest BCUT2D eigenvalue weighted by Gasteiger charge is -2.06. The van der Waals surface area contributed by atoms with Gasteiger partial charge in [-0.1, -0.05) is 36.0 Å². The van der Waals surface area contributed by atoms with Crippen molar-refractivity contribution in [2.75, 3.05) is 17.7 Å². The predicted octanol–water partition coefficient (Wildman–Crippen LogP) is 4.47. The number of para-hydroxylation sites is 2. The van der Waals surface area contributed by atoms with Crippen molar-refractivity contribution in [1.82, 2.24) is 10.2 Å². The first-order chi connectivity index (χ1) is 12.7. The van der Waals surface area contributed by atoms with E-state index in [0.717, 1.165) is 14.8 Å². The van der Waals surface area contributed by atoms with Crippen LogP contribution in [0.1, 0.15) is 6.92 Å². The van der Waals surface area contributed by atoms with Crippen LogP contribution < -0.4 is 10.1 Å². The fourth-order valence-corrected chi connectivity index (χ4v) is 3.26. The number of benzene rings is 2. The first-order valence-electron chi connectivity index (χ1n) is 7.90. The van der Waals surface area contributed by atoms with Crippen molar-refractivity contribution >= 4 is 45.9 Å². The summed E-state index contributed by atoms with van der Waals surface area (Å²) in [5, 5.41) is 11.3. The summed E-state index contributed by atoms with van der Waals surface area (Å²) in [7, 11) is 0. The van der Waals surface area contributed by atoms with E-state index in [0.29, 0.717) is 23.5 Å². The van der Waals surface area contributed by atoms with Crippen molar-refractivity contribution < 1.29 is 13.9 Å². The number of carbonyl (C=O) groups is 1. The molecule has 26 heavy (non-hydrogen) atoms. The summed E-state index contributed by atoms with van der Waals surface area (Å²) in [5.41, 5.74) is 1.52. The van der Waals surface area contributed by atoms with Crippen LogP contribution in [0.5, 0.6) is 5.75 Å². The minimum absolute atomic E-state index is 0.131. The molecule has 0 aliphatic heterocycles. The van der Waals surface area contributed by atoms with Gasteiger partial charge in [-0.15, -0.1) is 10.2 Å². The Kier molecular flexibility index (Phi) is 6.51. The minimum atomic E-state index is -0.131. The third-order valence-electron chi connectivity index (χ3n) is 3.30. The van der Waals surface area contributed by atoms with Gasteiger partial charge in [0, 0.05) is 3.57 Å². The highest BCUT2D eigenvalue weighted by Crippen LogP contribution is 2.30. The minimum Gasteiger partial charge on any atom is -0.493 e. The molecule has 8 heteroatoms. The molecule has 0 spiro atoms. The van der Waals surface area contributed by atoms with Crippen LogP contribution in [0.2, 0.25) is 0 Å². The fraction of sp³-hybridized carbons (Fsp3) is 0.167. The number of hydrogen-bond acceptors (Lipinski definition) is 6. The van der Waals surface area contributed by atoms with Crippen LogP contribution in [0, 0.1) is 3.57 Å². The zero-order valence-corrected chi connectivity index (χ0v) is 16.9. The summed E-state index contributed by atoms with van der Waals surface area (Å²) in [6, 6.07) is 15.1. The van der Waals surface area contributed by atoms with Gasteiger partial charge >= 0.3 is 0 Å². The van der Waals surface area contributed by atoms with E-state index in [1.165, 1.54) is 11.8 Å². The fourth-order valence-electron chi connectivity index (χ4n) is 2.18. The molecule has 0 saturated heterocycles. The summed E-state index contributed by atoms with van der Waals surface area (Å²) >= 11 is 3.37. The molecule has 3 rings (SSSR count). The highest BCUT2D eigenvalue weighted by Gasteiger charge is 2.15. The molecule has 0 atom stereocenters. The van der Waals surface area contributed by atoms with Gasteiger partial charge in [0.05, 0.1) is 23.6 Å². The molecule has 134 valence electrons. The number of carbonyl (C=O) groups excluding carboxylic acids is 1. The van der Waals surface area contributed by atoms with Crippen LogP contribution in [-0.4, -0.2) is 28.5 Å². The van der Waals surface area contributed by atoms with Crippen molar-refractivity contribution in [3.8, 4) is 17.2 Å². The number of aromatic nitrogens is 2. The Morgan fingerprint density at radius 2 is 1.96 bits per heavy atom. The van der Waals surface area contributed by atoms with Gasteiger partial charge in [-0.2, -0.15) is 0 Å². The van der Waals surface area contributed by atoms with Crippen molar-refractivity contribution in [1.29, 1.82) is 0 Å². The molecule has 1 heterocycles. The third-order valence-corrected chi connectivity index (χ3v) is 5.06. The Labute approximate surface area is 168 Å². The van der Waals surface area contributed by atoms with E-state index in [1.54, 1.807) is 0 Å². The van der Waals surface area contributed by atoms with Gasteiger partial charge < -0.3 is 14.5 Å². The Morgan fingerprint density at radius 3 is 2.77 bits per heavy atom. The molecule has 1 N–H and O–H groups in total. The number of nitrogens with zero attached hydrogens (tertiary/aromatic N) is 2. The molecule has 0 radical (unpaired) electrons. The van der Waals surface area contributed by atoms with E-state index in [-0.39, 0.29) is 11.7 Å². The molecule has 0 saturated carbocycles. The number of amides is 1. The smallest absolute Gasteiger partial charge is 0.277 e. The summed E-state index contributed by atoms with van der Waals surface area (Å²) in [5.74, 6) is 1.11. The zero-order chi connectivity index (χ0) is 18.4. The standard InChI is InChI=1S/C18H16IN3O3S/c1-2-24-15-10-6-3-7-12(15)17-21-22-18(25-17)26-11-16(23)20-14-9-5-4-8-13(14)19/h3-10H,2,11H2,1H3,(H,20,23). The first-order valence-corrected chi connectivity index (χ1v) is 9.96. The van der Waals surface area contributed by atoms with Gasteiger partial charge in [-0.3, -0.25) is 4.79 Å². The lowest BCUT2D eigenvalue weighted by molar-refractivity contribution is -0.113. The molecule has 1 aromatic heterocycles. The van der Waals surface area contributed by atoms with Crippen LogP contribution in [-0.2, 0) is 4.79 Å². The Hall–Kier alpha value is -2.07. The maximum absolute atomic E-state index is 12.1. The van der Waals surface area contributed by atoms with Crippen LogP contribution in [0.4, 0.5) is 5.69 Å². The van der Waals surface area contributed by atoms with E-state index in [4.69, 9.17) is 9.15 Å². The highest BCUT2D eigenvalue weighted by molar-refractivity contribution is 14.1.